The third kappa shape index (κ3) is 2.06. The van der Waals surface area contributed by atoms with Crippen LogP contribution in [0.5, 0.6) is 0 Å². The van der Waals surface area contributed by atoms with E-state index < -0.39 is 0 Å². The molecule has 7 aromatic rings. The van der Waals surface area contributed by atoms with Crippen molar-refractivity contribution in [2.24, 2.45) is 0 Å². The summed E-state index contributed by atoms with van der Waals surface area (Å²) in [6, 6.07) is 37.4. The number of fused-ring (bicyclic) bond motifs is 9. The van der Waals surface area contributed by atoms with E-state index in [0.29, 0.717) is 0 Å². The Kier molecular flexibility index (Phi) is 3.21. The Balaban J connectivity index is 1.84. The van der Waals surface area contributed by atoms with Crippen LogP contribution >= 0.6 is 11.3 Å². The first-order valence-corrected chi connectivity index (χ1v) is 11.0. The average molecular weight is 400 g/mol. The Morgan fingerprint density at radius 3 is 2.07 bits per heavy atom. The van der Waals surface area contributed by atoms with Gasteiger partial charge in [0, 0.05) is 36.6 Å². The average Bonchev–Trinajstić information content (AvgIpc) is 3.35. The van der Waals surface area contributed by atoms with Gasteiger partial charge in [-0.05, 0) is 47.2 Å². The molecule has 0 aliphatic heterocycles. The lowest BCUT2D eigenvalue weighted by Gasteiger charge is -2.07. The zero-order chi connectivity index (χ0) is 19.7. The van der Waals surface area contributed by atoms with E-state index in [2.05, 4.69) is 108 Å². The van der Waals surface area contributed by atoms with Crippen LogP contribution in [0.2, 0.25) is 0 Å². The van der Waals surface area contributed by atoms with Crippen LogP contribution in [0.1, 0.15) is 0 Å². The van der Waals surface area contributed by atoms with Crippen molar-refractivity contribution in [2.75, 3.05) is 0 Å². The van der Waals surface area contributed by atoms with Crippen molar-refractivity contribution in [1.82, 2.24) is 4.57 Å². The van der Waals surface area contributed by atoms with E-state index in [0.717, 1.165) is 0 Å². The van der Waals surface area contributed by atoms with Gasteiger partial charge in [0.2, 0.25) is 0 Å². The summed E-state index contributed by atoms with van der Waals surface area (Å²) in [6.07, 6.45) is 0. The van der Waals surface area contributed by atoms with Crippen molar-refractivity contribution in [3.05, 3.63) is 103 Å². The third-order valence-corrected chi connectivity index (χ3v) is 7.31. The minimum atomic E-state index is 1.20. The van der Waals surface area contributed by atoms with Gasteiger partial charge < -0.3 is 4.57 Å². The lowest BCUT2D eigenvalue weighted by molar-refractivity contribution is 1.18. The first-order valence-electron chi connectivity index (χ1n) is 10.2. The predicted octanol–water partition coefficient (Wildman–Crippen LogP) is 8.30. The zero-order valence-electron chi connectivity index (χ0n) is 16.2. The number of hydrogen-bond acceptors (Lipinski definition) is 1. The zero-order valence-corrected chi connectivity index (χ0v) is 17.0. The third-order valence-electron chi connectivity index (χ3n) is 6.17. The molecule has 0 N–H and O–H groups in total. The molecule has 0 spiro atoms. The van der Waals surface area contributed by atoms with E-state index in [1.807, 2.05) is 11.3 Å². The van der Waals surface area contributed by atoms with E-state index in [-0.39, 0.29) is 0 Å². The highest BCUT2D eigenvalue weighted by molar-refractivity contribution is 7.26. The number of para-hydroxylation sites is 1. The molecule has 30 heavy (non-hydrogen) atoms. The summed E-state index contributed by atoms with van der Waals surface area (Å²) in [5.74, 6) is 0. The van der Waals surface area contributed by atoms with Crippen LogP contribution in [0.4, 0.5) is 0 Å². The van der Waals surface area contributed by atoms with Crippen molar-refractivity contribution < 1.29 is 0 Å². The summed E-state index contributed by atoms with van der Waals surface area (Å²) in [6.45, 7) is 0. The quantitative estimate of drug-likeness (QED) is 0.262. The summed E-state index contributed by atoms with van der Waals surface area (Å²) < 4.78 is 5.12. The summed E-state index contributed by atoms with van der Waals surface area (Å²) in [5.41, 5.74) is 3.73. The molecular weight excluding hydrogens is 382 g/mol. The second kappa shape index (κ2) is 5.94. The van der Waals surface area contributed by atoms with Gasteiger partial charge in [-0.2, -0.15) is 0 Å². The van der Waals surface area contributed by atoms with Crippen molar-refractivity contribution >= 4 is 64.1 Å². The molecule has 0 amide bonds. The molecule has 0 aliphatic rings. The predicted molar refractivity (Wildman–Crippen MR) is 131 cm³/mol. The smallest absolute Gasteiger partial charge is 0.0548 e. The fourth-order valence-electron chi connectivity index (χ4n) is 4.94. The van der Waals surface area contributed by atoms with Crippen LogP contribution < -0.4 is 0 Å². The molecule has 140 valence electrons. The van der Waals surface area contributed by atoms with Gasteiger partial charge in [-0.1, -0.05) is 66.7 Å². The lowest BCUT2D eigenvalue weighted by atomic mass is 10.0. The van der Waals surface area contributed by atoms with E-state index in [4.69, 9.17) is 0 Å². The van der Waals surface area contributed by atoms with Crippen molar-refractivity contribution in [2.45, 2.75) is 0 Å². The topological polar surface area (TPSA) is 4.93 Å². The standard InChI is InChI=1S/C28H17NS/c1-2-9-19(10-3-1)29-22-15-14-18-8-4-5-11-20(18)26(22)28-23(29)16-17-25-27(28)21-12-6-7-13-24(21)30-25/h1-17H. The molecule has 0 fully saturated rings. The largest absolute Gasteiger partial charge is 0.309 e. The molecule has 0 saturated heterocycles. The van der Waals surface area contributed by atoms with Crippen molar-refractivity contribution in [3.63, 3.8) is 0 Å². The van der Waals surface area contributed by atoms with Gasteiger partial charge in [0.1, 0.15) is 0 Å². The second-order valence-corrected chi connectivity index (χ2v) is 8.87. The molecule has 1 nitrogen and oxygen atoms in total. The molecule has 2 aromatic heterocycles. The Morgan fingerprint density at radius 1 is 0.467 bits per heavy atom. The first-order chi connectivity index (χ1) is 14.9. The summed E-state index contributed by atoms with van der Waals surface area (Å²) >= 11 is 1.89. The highest BCUT2D eigenvalue weighted by Gasteiger charge is 2.19. The molecule has 2 heteroatoms. The highest BCUT2D eigenvalue weighted by atomic mass is 32.1. The summed E-state index contributed by atoms with van der Waals surface area (Å²) in [4.78, 5) is 0. The molecule has 0 radical (unpaired) electrons. The number of aromatic nitrogens is 1. The van der Waals surface area contributed by atoms with Gasteiger partial charge in [0.25, 0.3) is 0 Å². The monoisotopic (exact) mass is 399 g/mol. The van der Waals surface area contributed by atoms with E-state index in [1.54, 1.807) is 0 Å². The minimum absolute atomic E-state index is 1.20. The second-order valence-electron chi connectivity index (χ2n) is 7.78. The van der Waals surface area contributed by atoms with Crippen LogP contribution in [0.3, 0.4) is 0 Å². The highest BCUT2D eigenvalue weighted by Crippen LogP contribution is 2.45. The maximum atomic E-state index is 2.42. The minimum Gasteiger partial charge on any atom is -0.309 e. The number of rotatable bonds is 1. The molecule has 5 aromatic carbocycles. The Hall–Kier alpha value is -3.62. The van der Waals surface area contributed by atoms with Gasteiger partial charge in [0.05, 0.1) is 11.0 Å². The van der Waals surface area contributed by atoms with Gasteiger partial charge in [0.15, 0.2) is 0 Å². The Morgan fingerprint density at radius 2 is 1.17 bits per heavy atom. The maximum absolute atomic E-state index is 2.42. The van der Waals surface area contributed by atoms with Gasteiger partial charge in [-0.25, -0.2) is 0 Å². The normalized spacial score (nSPS) is 12.0. The van der Waals surface area contributed by atoms with E-state index in [1.165, 1.54) is 58.4 Å². The van der Waals surface area contributed by atoms with Gasteiger partial charge >= 0.3 is 0 Å². The van der Waals surface area contributed by atoms with Crippen LogP contribution in [0, 0.1) is 0 Å². The van der Waals surface area contributed by atoms with Gasteiger partial charge in [-0.15, -0.1) is 11.3 Å². The van der Waals surface area contributed by atoms with Crippen LogP contribution in [-0.4, -0.2) is 4.57 Å². The molecule has 0 atom stereocenters. The van der Waals surface area contributed by atoms with Crippen molar-refractivity contribution in [1.29, 1.82) is 0 Å². The lowest BCUT2D eigenvalue weighted by Crippen LogP contribution is -1.92. The molecule has 0 aliphatic carbocycles. The molecule has 0 saturated carbocycles. The Labute approximate surface area is 177 Å². The molecule has 0 bridgehead atoms. The van der Waals surface area contributed by atoms with E-state index >= 15 is 0 Å². The molecule has 2 heterocycles. The maximum Gasteiger partial charge on any atom is 0.0548 e. The fraction of sp³-hybridized carbons (Fsp3) is 0. The van der Waals surface area contributed by atoms with Crippen LogP contribution in [0.25, 0.3) is 58.4 Å². The number of benzene rings is 5. The first kappa shape index (κ1) is 16.2. The fourth-order valence-corrected chi connectivity index (χ4v) is 6.05. The van der Waals surface area contributed by atoms with Crippen LogP contribution in [0.15, 0.2) is 103 Å². The number of nitrogens with zero attached hydrogens (tertiary/aromatic N) is 1. The number of thiophene rings is 1. The summed E-state index contributed by atoms with van der Waals surface area (Å²) in [7, 11) is 0. The Bertz CT molecular complexity index is 1740. The molecular formula is C28H17NS. The molecule has 0 unspecified atom stereocenters. The summed E-state index contributed by atoms with van der Waals surface area (Å²) in [5, 5.41) is 8.04. The molecule has 7 rings (SSSR count). The number of hydrogen-bond donors (Lipinski definition) is 0. The van der Waals surface area contributed by atoms with Crippen LogP contribution in [-0.2, 0) is 0 Å². The van der Waals surface area contributed by atoms with E-state index in [9.17, 15) is 0 Å². The van der Waals surface area contributed by atoms with Crippen molar-refractivity contribution in [3.8, 4) is 5.69 Å². The SMILES string of the molecule is c1ccc(-n2c3ccc4ccccc4c3c3c4c(ccc32)sc2ccccc24)cc1. The van der Waals surface area contributed by atoms with Gasteiger partial charge in [-0.3, -0.25) is 0 Å².